The van der Waals surface area contributed by atoms with Crippen molar-refractivity contribution < 1.29 is 4.79 Å². The Balaban J connectivity index is 1.96. The topological polar surface area (TPSA) is 44.4 Å². The van der Waals surface area contributed by atoms with Crippen molar-refractivity contribution in [2.45, 2.75) is 70.6 Å². The second kappa shape index (κ2) is 5.17. The summed E-state index contributed by atoms with van der Waals surface area (Å²) in [6.45, 7) is 10.5. The molecule has 2 fully saturated rings. The summed E-state index contributed by atoms with van der Waals surface area (Å²) < 4.78 is 0. The maximum absolute atomic E-state index is 12.4. The van der Waals surface area contributed by atoms with Crippen LogP contribution in [0.4, 0.5) is 0 Å². The zero-order valence-corrected chi connectivity index (χ0v) is 12.1. The van der Waals surface area contributed by atoms with Crippen molar-refractivity contribution >= 4 is 5.91 Å². The normalized spacial score (nSPS) is 38.9. The summed E-state index contributed by atoms with van der Waals surface area (Å²) in [4.78, 5) is 14.8. The predicted octanol–water partition coefficient (Wildman–Crippen LogP) is 1.12. The first kappa shape index (κ1) is 13.8. The average Bonchev–Trinajstić information content (AvgIpc) is 2.85. The van der Waals surface area contributed by atoms with E-state index in [0.717, 1.165) is 19.5 Å². The molecule has 4 nitrogen and oxygen atoms in total. The Morgan fingerprint density at radius 1 is 1.39 bits per heavy atom. The number of carbonyl (C=O) groups is 1. The minimum absolute atomic E-state index is 0.0186. The van der Waals surface area contributed by atoms with Crippen molar-refractivity contribution in [2.24, 2.45) is 0 Å². The van der Waals surface area contributed by atoms with Crippen molar-refractivity contribution in [1.82, 2.24) is 15.5 Å². The van der Waals surface area contributed by atoms with Gasteiger partial charge >= 0.3 is 0 Å². The van der Waals surface area contributed by atoms with Crippen molar-refractivity contribution in [3.8, 4) is 0 Å². The molecule has 0 saturated carbocycles. The van der Waals surface area contributed by atoms with Crippen LogP contribution in [-0.2, 0) is 4.79 Å². The lowest BCUT2D eigenvalue weighted by molar-refractivity contribution is -0.128. The van der Waals surface area contributed by atoms with Gasteiger partial charge in [0.05, 0.1) is 11.6 Å². The molecule has 0 radical (unpaired) electrons. The molecular weight excluding hydrogens is 226 g/mol. The van der Waals surface area contributed by atoms with Gasteiger partial charge in [-0.15, -0.1) is 0 Å². The summed E-state index contributed by atoms with van der Waals surface area (Å²) in [6.07, 6.45) is 3.44. The number of nitrogens with one attached hydrogen (secondary N) is 2. The molecule has 104 valence electrons. The lowest BCUT2D eigenvalue weighted by Gasteiger charge is -2.34. The molecule has 4 heteroatoms. The highest BCUT2D eigenvalue weighted by Crippen LogP contribution is 2.26. The average molecular weight is 253 g/mol. The molecule has 0 aromatic carbocycles. The van der Waals surface area contributed by atoms with E-state index in [2.05, 4.69) is 36.3 Å². The number of hydrogen-bond donors (Lipinski definition) is 2. The van der Waals surface area contributed by atoms with Crippen molar-refractivity contribution in [2.75, 3.05) is 13.1 Å². The van der Waals surface area contributed by atoms with E-state index in [-0.39, 0.29) is 17.5 Å². The Labute approximate surface area is 110 Å². The van der Waals surface area contributed by atoms with Crippen LogP contribution in [0.25, 0.3) is 0 Å². The summed E-state index contributed by atoms with van der Waals surface area (Å²) in [5, 5.41) is 6.55. The summed E-state index contributed by atoms with van der Waals surface area (Å²) in [7, 11) is 0. The van der Waals surface area contributed by atoms with E-state index >= 15 is 0 Å². The van der Waals surface area contributed by atoms with Gasteiger partial charge in [-0.2, -0.15) is 0 Å². The molecule has 0 aromatic heterocycles. The van der Waals surface area contributed by atoms with Crippen molar-refractivity contribution in [3.05, 3.63) is 0 Å². The van der Waals surface area contributed by atoms with Gasteiger partial charge in [0.1, 0.15) is 0 Å². The fourth-order valence-corrected chi connectivity index (χ4v) is 3.44. The van der Waals surface area contributed by atoms with E-state index in [1.165, 1.54) is 12.8 Å². The number of nitrogens with zero attached hydrogens (tertiary/aromatic N) is 1. The standard InChI is InChI=1S/C14H27N3O/c1-10-5-6-11(2)17(10)12(3)13(18)16-14(4)7-8-15-9-14/h10-12,15H,5-9H2,1-4H3,(H,16,18). The molecule has 0 aromatic rings. The van der Waals surface area contributed by atoms with Gasteiger partial charge in [-0.25, -0.2) is 0 Å². The molecule has 2 saturated heterocycles. The van der Waals surface area contributed by atoms with Crippen LogP contribution < -0.4 is 10.6 Å². The van der Waals surface area contributed by atoms with Crippen LogP contribution in [0, 0.1) is 0 Å². The molecule has 18 heavy (non-hydrogen) atoms. The highest BCUT2D eigenvalue weighted by atomic mass is 16.2. The number of hydrogen-bond acceptors (Lipinski definition) is 3. The number of amides is 1. The van der Waals surface area contributed by atoms with Crippen LogP contribution in [0.2, 0.25) is 0 Å². The molecule has 0 spiro atoms. The zero-order valence-electron chi connectivity index (χ0n) is 12.1. The number of carbonyl (C=O) groups excluding carboxylic acids is 1. The van der Waals surface area contributed by atoms with Crippen LogP contribution in [0.5, 0.6) is 0 Å². The van der Waals surface area contributed by atoms with Gasteiger partial charge in [0.15, 0.2) is 0 Å². The van der Waals surface area contributed by atoms with Crippen LogP contribution in [0.15, 0.2) is 0 Å². The predicted molar refractivity (Wildman–Crippen MR) is 73.5 cm³/mol. The molecule has 2 N–H and O–H groups in total. The monoisotopic (exact) mass is 253 g/mol. The highest BCUT2D eigenvalue weighted by Gasteiger charge is 2.37. The second-order valence-electron chi connectivity index (χ2n) is 6.38. The first-order valence-corrected chi connectivity index (χ1v) is 7.23. The summed E-state index contributed by atoms with van der Waals surface area (Å²) in [6, 6.07) is 1.03. The first-order valence-electron chi connectivity index (χ1n) is 7.23. The Morgan fingerprint density at radius 2 is 2.00 bits per heavy atom. The second-order valence-corrected chi connectivity index (χ2v) is 6.38. The van der Waals surface area contributed by atoms with Gasteiger partial charge in [0.2, 0.25) is 5.91 Å². The third-order valence-electron chi connectivity index (χ3n) is 4.64. The van der Waals surface area contributed by atoms with E-state index in [0.29, 0.717) is 12.1 Å². The van der Waals surface area contributed by atoms with Gasteiger partial charge in [-0.1, -0.05) is 0 Å². The molecule has 0 aliphatic carbocycles. The lowest BCUT2D eigenvalue weighted by atomic mass is 10.0. The van der Waals surface area contributed by atoms with Crippen molar-refractivity contribution in [3.63, 3.8) is 0 Å². The summed E-state index contributed by atoms with van der Waals surface area (Å²) >= 11 is 0. The van der Waals surface area contributed by atoms with Crippen LogP contribution in [0.3, 0.4) is 0 Å². The molecule has 2 aliphatic heterocycles. The number of likely N-dealkylation sites (tertiary alicyclic amines) is 1. The third kappa shape index (κ3) is 2.69. The van der Waals surface area contributed by atoms with Gasteiger partial charge in [0, 0.05) is 18.6 Å². The van der Waals surface area contributed by atoms with Crippen LogP contribution in [0.1, 0.15) is 47.0 Å². The minimum Gasteiger partial charge on any atom is -0.348 e. The van der Waals surface area contributed by atoms with E-state index in [9.17, 15) is 4.79 Å². The fourth-order valence-electron chi connectivity index (χ4n) is 3.44. The van der Waals surface area contributed by atoms with Gasteiger partial charge < -0.3 is 10.6 Å². The van der Waals surface area contributed by atoms with Gasteiger partial charge in [-0.3, -0.25) is 9.69 Å². The molecule has 4 atom stereocenters. The van der Waals surface area contributed by atoms with E-state index in [4.69, 9.17) is 0 Å². The van der Waals surface area contributed by atoms with E-state index in [1.807, 2.05) is 6.92 Å². The SMILES string of the molecule is CC1CCC(C)N1C(C)C(=O)NC1(C)CCNC1. The molecule has 2 rings (SSSR count). The van der Waals surface area contributed by atoms with Crippen molar-refractivity contribution in [1.29, 1.82) is 0 Å². The highest BCUT2D eigenvalue weighted by molar-refractivity contribution is 5.82. The molecule has 2 heterocycles. The first-order chi connectivity index (χ1) is 8.43. The Morgan fingerprint density at radius 3 is 2.50 bits per heavy atom. The quantitative estimate of drug-likeness (QED) is 0.792. The molecule has 2 aliphatic rings. The van der Waals surface area contributed by atoms with Gasteiger partial charge in [0.25, 0.3) is 0 Å². The summed E-state index contributed by atoms with van der Waals surface area (Å²) in [5.41, 5.74) is -0.0580. The van der Waals surface area contributed by atoms with Gasteiger partial charge in [-0.05, 0) is 53.5 Å². The van der Waals surface area contributed by atoms with E-state index in [1.54, 1.807) is 0 Å². The Hall–Kier alpha value is -0.610. The van der Waals surface area contributed by atoms with Crippen LogP contribution >= 0.6 is 0 Å². The Bertz CT molecular complexity index is 302. The maximum Gasteiger partial charge on any atom is 0.237 e. The fraction of sp³-hybridized carbons (Fsp3) is 0.929. The largest absolute Gasteiger partial charge is 0.348 e. The summed E-state index contributed by atoms with van der Waals surface area (Å²) in [5.74, 6) is 0.182. The lowest BCUT2D eigenvalue weighted by Crippen LogP contribution is -2.56. The number of rotatable bonds is 3. The third-order valence-corrected chi connectivity index (χ3v) is 4.64. The minimum atomic E-state index is -0.0580. The van der Waals surface area contributed by atoms with E-state index < -0.39 is 0 Å². The maximum atomic E-state index is 12.4. The Kier molecular flexibility index (Phi) is 3.97. The molecular formula is C14H27N3O. The molecule has 4 unspecified atom stereocenters. The molecule has 1 amide bonds. The van der Waals surface area contributed by atoms with Crippen LogP contribution in [-0.4, -0.2) is 47.6 Å². The molecule has 0 bridgehead atoms. The zero-order chi connectivity index (χ0) is 13.3. The smallest absolute Gasteiger partial charge is 0.237 e.